The van der Waals surface area contributed by atoms with Crippen LogP contribution in [0.5, 0.6) is 0 Å². The predicted molar refractivity (Wildman–Crippen MR) is 157 cm³/mol. The second kappa shape index (κ2) is 10.9. The molecule has 214 valence electrons. The Kier molecular flexibility index (Phi) is 7.36. The number of imide groups is 1. The Morgan fingerprint density at radius 2 is 1.57 bits per heavy atom. The molecule has 6 rings (SSSR count). The van der Waals surface area contributed by atoms with Crippen LogP contribution in [-0.4, -0.2) is 27.5 Å². The van der Waals surface area contributed by atoms with Crippen molar-refractivity contribution in [1.29, 1.82) is 0 Å². The summed E-state index contributed by atoms with van der Waals surface area (Å²) in [4.78, 5) is 54.9. The minimum Gasteiger partial charge on any atom is -0.324 e. The second-order valence-corrected chi connectivity index (χ2v) is 12.7. The Morgan fingerprint density at radius 3 is 2.26 bits per heavy atom. The molecule has 3 amide bonds. The third-order valence-corrected chi connectivity index (χ3v) is 10.2. The van der Waals surface area contributed by atoms with Gasteiger partial charge in [-0.3, -0.25) is 23.7 Å². The highest BCUT2D eigenvalue weighted by Crippen LogP contribution is 2.54. The largest absolute Gasteiger partial charge is 0.418 e. The highest BCUT2D eigenvalue weighted by molar-refractivity contribution is 9.10. The molecule has 0 aliphatic carbocycles. The molecule has 0 radical (unpaired) electrons. The number of amides is 3. The SMILES string of the molecule is O=C(Cn1c2c(sc1=O)[C@@H](c1ccc(Br)cc1)[C@@H]1C(=O)N(c3ccccc3)C(=O)[C@@H]1S2)Nc1ccccc1C(F)(F)F. The molecule has 3 aromatic carbocycles. The quantitative estimate of drug-likeness (QED) is 0.258. The van der Waals surface area contributed by atoms with Gasteiger partial charge in [0.25, 0.3) is 0 Å². The van der Waals surface area contributed by atoms with Crippen LogP contribution in [0.4, 0.5) is 24.5 Å². The Morgan fingerprint density at radius 1 is 0.905 bits per heavy atom. The van der Waals surface area contributed by atoms with E-state index in [1.807, 2.05) is 12.1 Å². The average molecular weight is 675 g/mol. The van der Waals surface area contributed by atoms with Crippen LogP contribution in [0.2, 0.25) is 0 Å². The first-order valence-electron chi connectivity index (χ1n) is 12.6. The summed E-state index contributed by atoms with van der Waals surface area (Å²) in [6.07, 6.45) is -4.69. The number of halogens is 4. The van der Waals surface area contributed by atoms with Gasteiger partial charge >= 0.3 is 11.0 Å². The number of fused-ring (bicyclic) bond motifs is 2. The summed E-state index contributed by atoms with van der Waals surface area (Å²) in [6.45, 7) is -0.571. The summed E-state index contributed by atoms with van der Waals surface area (Å²) in [5.41, 5.74) is -0.299. The first-order chi connectivity index (χ1) is 20.0. The molecule has 0 bridgehead atoms. The summed E-state index contributed by atoms with van der Waals surface area (Å²) in [6, 6.07) is 20.3. The second-order valence-electron chi connectivity index (χ2n) is 9.66. The van der Waals surface area contributed by atoms with E-state index in [0.717, 1.165) is 44.6 Å². The van der Waals surface area contributed by atoms with Gasteiger partial charge < -0.3 is 5.32 Å². The lowest BCUT2D eigenvalue weighted by molar-refractivity contribution is -0.137. The number of nitrogens with one attached hydrogen (secondary N) is 1. The van der Waals surface area contributed by atoms with E-state index in [1.165, 1.54) is 16.7 Å². The Bertz CT molecular complexity index is 1770. The molecule has 1 aromatic heterocycles. The zero-order chi connectivity index (χ0) is 29.8. The van der Waals surface area contributed by atoms with Crippen molar-refractivity contribution in [2.75, 3.05) is 10.2 Å². The van der Waals surface area contributed by atoms with Gasteiger partial charge in [-0.15, -0.1) is 0 Å². The lowest BCUT2D eigenvalue weighted by Gasteiger charge is -2.30. The normalized spacial score (nSPS) is 19.9. The highest BCUT2D eigenvalue weighted by atomic mass is 79.9. The van der Waals surface area contributed by atoms with Crippen LogP contribution in [0.15, 0.2) is 93.2 Å². The zero-order valence-electron chi connectivity index (χ0n) is 21.3. The molecule has 0 saturated carbocycles. The van der Waals surface area contributed by atoms with Crippen molar-refractivity contribution in [3.8, 4) is 0 Å². The van der Waals surface area contributed by atoms with Gasteiger partial charge in [-0.05, 0) is 42.0 Å². The number of hydrogen-bond donors (Lipinski definition) is 1. The van der Waals surface area contributed by atoms with E-state index < -0.39 is 63.7 Å². The lowest BCUT2D eigenvalue weighted by atomic mass is 9.83. The van der Waals surface area contributed by atoms with Crippen LogP contribution < -0.4 is 15.1 Å². The maximum absolute atomic E-state index is 13.8. The number of nitrogens with zero attached hydrogens (tertiary/aromatic N) is 2. The summed E-state index contributed by atoms with van der Waals surface area (Å²) < 4.78 is 42.4. The molecule has 3 heterocycles. The van der Waals surface area contributed by atoms with Crippen LogP contribution in [-0.2, 0) is 27.1 Å². The summed E-state index contributed by atoms with van der Waals surface area (Å²) in [5, 5.41) is 1.73. The number of hydrogen-bond acceptors (Lipinski definition) is 6. The van der Waals surface area contributed by atoms with E-state index in [-0.39, 0.29) is 0 Å². The van der Waals surface area contributed by atoms with Crippen LogP contribution >= 0.6 is 39.0 Å². The minimum absolute atomic E-state index is 0.342. The third-order valence-electron chi connectivity index (χ3n) is 7.10. The Labute approximate surface area is 253 Å². The number of aromatic nitrogens is 1. The number of thiazole rings is 1. The number of anilines is 2. The highest BCUT2D eigenvalue weighted by Gasteiger charge is 2.56. The van der Waals surface area contributed by atoms with Gasteiger partial charge in [0.2, 0.25) is 17.7 Å². The number of rotatable bonds is 5. The van der Waals surface area contributed by atoms with E-state index in [1.54, 1.807) is 42.5 Å². The molecule has 42 heavy (non-hydrogen) atoms. The number of benzene rings is 3. The van der Waals surface area contributed by atoms with Crippen molar-refractivity contribution in [2.24, 2.45) is 5.92 Å². The fourth-order valence-corrected chi connectivity index (χ4v) is 8.33. The fourth-order valence-electron chi connectivity index (χ4n) is 5.29. The number of carbonyl (C=O) groups is 3. The van der Waals surface area contributed by atoms with Gasteiger partial charge in [-0.2, -0.15) is 13.2 Å². The Hall–Kier alpha value is -3.68. The predicted octanol–water partition coefficient (Wildman–Crippen LogP) is 6.13. The molecule has 13 heteroatoms. The van der Waals surface area contributed by atoms with Gasteiger partial charge in [0.1, 0.15) is 11.8 Å². The molecule has 1 fully saturated rings. The first kappa shape index (κ1) is 28.4. The maximum Gasteiger partial charge on any atom is 0.418 e. The van der Waals surface area contributed by atoms with Crippen LogP contribution in [0, 0.1) is 5.92 Å². The molecule has 0 spiro atoms. The number of carbonyl (C=O) groups excluding carboxylic acids is 3. The van der Waals surface area contributed by atoms with Gasteiger partial charge in [-0.1, -0.05) is 81.5 Å². The average Bonchev–Trinajstić information content (AvgIpc) is 3.40. The van der Waals surface area contributed by atoms with E-state index in [0.29, 0.717) is 21.2 Å². The van der Waals surface area contributed by atoms with Gasteiger partial charge in [0.05, 0.1) is 27.9 Å². The molecule has 2 aliphatic rings. The summed E-state index contributed by atoms with van der Waals surface area (Å²) in [5.74, 6) is -3.14. The van der Waals surface area contributed by atoms with Crippen LogP contribution in [0.25, 0.3) is 0 Å². The molecule has 4 aromatic rings. The van der Waals surface area contributed by atoms with Crippen molar-refractivity contribution in [3.63, 3.8) is 0 Å². The first-order valence-corrected chi connectivity index (χ1v) is 15.1. The van der Waals surface area contributed by atoms with Crippen molar-refractivity contribution in [2.45, 2.75) is 28.9 Å². The molecule has 1 N–H and O–H groups in total. The molecular formula is C29H19BrF3N3O4S2. The van der Waals surface area contributed by atoms with Crippen molar-refractivity contribution in [1.82, 2.24) is 4.57 Å². The summed E-state index contributed by atoms with van der Waals surface area (Å²) in [7, 11) is 0. The fraction of sp³-hybridized carbons (Fsp3) is 0.172. The smallest absolute Gasteiger partial charge is 0.324 e. The van der Waals surface area contributed by atoms with Crippen molar-refractivity contribution >= 4 is 68.1 Å². The van der Waals surface area contributed by atoms with Crippen LogP contribution in [0.3, 0.4) is 0 Å². The maximum atomic E-state index is 13.8. The van der Waals surface area contributed by atoms with Gasteiger partial charge in [0, 0.05) is 15.3 Å². The number of alkyl halides is 3. The van der Waals surface area contributed by atoms with E-state index in [9.17, 15) is 32.3 Å². The lowest BCUT2D eigenvalue weighted by Crippen LogP contribution is -2.33. The number of thioether (sulfide) groups is 1. The van der Waals surface area contributed by atoms with Crippen LogP contribution in [0.1, 0.15) is 21.9 Å². The van der Waals surface area contributed by atoms with Crippen molar-refractivity contribution in [3.05, 3.63) is 109 Å². The minimum atomic E-state index is -4.69. The molecule has 3 atom stereocenters. The van der Waals surface area contributed by atoms with E-state index >= 15 is 0 Å². The van der Waals surface area contributed by atoms with Gasteiger partial charge in [-0.25, -0.2) is 4.90 Å². The van der Waals surface area contributed by atoms with Crippen molar-refractivity contribution < 1.29 is 27.6 Å². The molecule has 7 nitrogen and oxygen atoms in total. The number of para-hydroxylation sites is 2. The zero-order valence-corrected chi connectivity index (χ0v) is 24.5. The third kappa shape index (κ3) is 4.99. The van der Waals surface area contributed by atoms with E-state index in [2.05, 4.69) is 21.2 Å². The Balaban J connectivity index is 1.40. The summed E-state index contributed by atoms with van der Waals surface area (Å²) >= 11 is 5.30. The molecular weight excluding hydrogens is 655 g/mol. The molecule has 0 unspecified atom stereocenters. The molecule has 2 aliphatic heterocycles. The van der Waals surface area contributed by atoms with Gasteiger partial charge in [0.15, 0.2) is 0 Å². The topological polar surface area (TPSA) is 88.5 Å². The molecule has 1 saturated heterocycles. The monoisotopic (exact) mass is 673 g/mol. The standard InChI is InChI=1S/C29H19BrF3N3O4S2/c30-16-12-10-15(11-13-16)21-22-23(26(39)36(25(22)38)17-6-2-1-3-7-17)41-27-24(21)42-28(40)35(27)14-20(37)34-19-9-5-4-8-18(19)29(31,32)33/h1-13,21-23H,14H2,(H,34,37)/t21-,22-,23+/m0/s1. The van der Waals surface area contributed by atoms with E-state index in [4.69, 9.17) is 0 Å².